The monoisotopic (exact) mass is 1230 g/mol. The van der Waals surface area contributed by atoms with Gasteiger partial charge in [-0.25, -0.2) is 0 Å². The molecule has 472 valence electrons. The van der Waals surface area contributed by atoms with Crippen LogP contribution in [0.5, 0.6) is 28.7 Å². The van der Waals surface area contributed by atoms with Gasteiger partial charge in [-0.05, 0) is 128 Å². The van der Waals surface area contributed by atoms with Crippen LogP contribution in [0.4, 0.5) is 0 Å². The van der Waals surface area contributed by atoms with Crippen molar-refractivity contribution in [2.75, 3.05) is 53.9 Å². The number of aliphatic hydroxyl groups is 2. The molecular weight excluding hydrogens is 1150 g/mol. The second-order valence-electron chi connectivity index (χ2n) is 25.7. The summed E-state index contributed by atoms with van der Waals surface area (Å²) in [6.45, 7) is 13.1. The van der Waals surface area contributed by atoms with Gasteiger partial charge in [-0.2, -0.15) is 5.10 Å². The van der Waals surface area contributed by atoms with Gasteiger partial charge in [0.1, 0.15) is 24.4 Å². The molecule has 0 spiro atoms. The molecule has 0 radical (unpaired) electrons. The predicted molar refractivity (Wildman–Crippen MR) is 323 cm³/mol. The number of aliphatic hydroxyl groups excluding tert-OH is 2. The van der Waals surface area contributed by atoms with E-state index in [1.807, 2.05) is 41.1 Å². The number of aryl methyl sites for hydroxylation is 1. The lowest BCUT2D eigenvalue weighted by Gasteiger charge is -2.47. The highest BCUT2D eigenvalue weighted by Crippen LogP contribution is 2.63. The van der Waals surface area contributed by atoms with Gasteiger partial charge in [0.05, 0.1) is 64.7 Å². The zero-order chi connectivity index (χ0) is 61.6. The van der Waals surface area contributed by atoms with E-state index in [9.17, 15) is 24.6 Å². The Balaban J connectivity index is 0.656. The van der Waals surface area contributed by atoms with E-state index in [1.54, 1.807) is 19.1 Å². The number of esters is 1. The van der Waals surface area contributed by atoms with Crippen LogP contribution in [0.15, 0.2) is 72.8 Å². The first-order chi connectivity index (χ1) is 42.4. The van der Waals surface area contributed by atoms with E-state index in [0.717, 1.165) is 67.5 Å². The second-order valence-corrected chi connectivity index (χ2v) is 26.1. The zero-order valence-electron chi connectivity index (χ0n) is 51.1. The molecule has 2 amide bonds. The molecule has 20 nitrogen and oxygen atoms in total. The van der Waals surface area contributed by atoms with Crippen molar-refractivity contribution in [2.24, 2.45) is 28.6 Å². The second kappa shape index (κ2) is 25.8. The fourth-order valence-corrected chi connectivity index (χ4v) is 15.1. The highest BCUT2D eigenvalue weighted by molar-refractivity contribution is 6.30. The molecule has 3 saturated heterocycles. The van der Waals surface area contributed by atoms with E-state index in [2.05, 4.69) is 67.9 Å². The number of rotatable bonds is 23. The molecule has 88 heavy (non-hydrogen) atoms. The summed E-state index contributed by atoms with van der Waals surface area (Å²) < 4.78 is 61.8. The first-order valence-electron chi connectivity index (χ1n) is 31.0. The van der Waals surface area contributed by atoms with Crippen molar-refractivity contribution in [3.63, 3.8) is 0 Å². The SMILES string of the molecule is COc1cc([C@@H]2c3cc4c(cc3[C@@H](O[C@H]3O[C@@H]5CO[C@@H](C)O[C@H]5[C@H](O)[C@H]3O)[C@H]3COC(=O)[C@H]23)OCO4)cc(OC)c1OCCC(=O)NCCCCCCNCc1c(C(=O)NC2C3(C)CCC(C3)C2(C)C)nn(Cc2ccc(C)cc2)c1-c1ccc(Cl)cc1. The maximum atomic E-state index is 14.7. The molecule has 7 aliphatic rings. The van der Waals surface area contributed by atoms with Crippen LogP contribution in [0.3, 0.4) is 0 Å². The molecular formula is C67H82ClN5O15. The lowest BCUT2D eigenvalue weighted by molar-refractivity contribution is -0.364. The Morgan fingerprint density at radius 1 is 0.864 bits per heavy atom. The number of hydrogen-bond donors (Lipinski definition) is 5. The minimum Gasteiger partial charge on any atom is -0.493 e. The Morgan fingerprint density at radius 2 is 1.58 bits per heavy atom. The van der Waals surface area contributed by atoms with Gasteiger partial charge in [-0.15, -0.1) is 0 Å². The summed E-state index contributed by atoms with van der Waals surface area (Å²) in [7, 11) is 3.02. The lowest BCUT2D eigenvalue weighted by atomic mass is 9.66. The van der Waals surface area contributed by atoms with Gasteiger partial charge in [0, 0.05) is 47.1 Å². The van der Waals surface area contributed by atoms with Crippen molar-refractivity contribution in [3.05, 3.63) is 117 Å². The predicted octanol–water partition coefficient (Wildman–Crippen LogP) is 8.69. The minimum atomic E-state index is -1.48. The minimum absolute atomic E-state index is 0.00387. The smallest absolute Gasteiger partial charge is 0.310 e. The molecule has 4 aromatic carbocycles. The van der Waals surface area contributed by atoms with E-state index < -0.39 is 66.8 Å². The summed E-state index contributed by atoms with van der Waals surface area (Å²) in [5.74, 6) is -0.249. The van der Waals surface area contributed by atoms with Crippen molar-refractivity contribution in [1.82, 2.24) is 25.7 Å². The number of methoxy groups -OCH3 is 2. The molecule has 5 aromatic rings. The largest absolute Gasteiger partial charge is 0.493 e. The Hall–Kier alpha value is -6.49. The maximum Gasteiger partial charge on any atom is 0.310 e. The van der Waals surface area contributed by atoms with E-state index in [4.69, 9.17) is 64.1 Å². The fraction of sp³-hybridized carbons (Fsp3) is 0.552. The Labute approximate surface area is 518 Å². The number of carbonyl (C=O) groups is 3. The van der Waals surface area contributed by atoms with Crippen LogP contribution in [-0.4, -0.2) is 135 Å². The Morgan fingerprint density at radius 3 is 2.28 bits per heavy atom. The standard InChI is InChI=1S/C67H82ClN5O15/c1-36-12-14-38(15-13-36)32-73-56(39-16-18-42(68)19-17-39)45(55(72-73)62(77)71-65-66(3,4)41-20-22-67(65,5)30-41)31-69-23-10-8-9-11-24-70-52(74)21-25-81-60-49(79-6)26-40(27-50(60)80-7)53-43-28-47-48(85-35-84-47)29-44(43)59(46-33-83-63(78)54(46)53)88-64-58(76)57(75)61-51(87-64)34-82-37(2)86-61/h12-19,26-29,37,41,46,51,53-54,57-59,61,64-65,69,75-76H,8-11,20-25,30-35H2,1-7H3,(H,70,74)(H,71,77)/t37-,41?,46+,51-,53-,54+,57-,58-,59-,61-,64-,65?,67?/m1/s1. The van der Waals surface area contributed by atoms with Gasteiger partial charge < -0.3 is 73.5 Å². The summed E-state index contributed by atoms with van der Waals surface area (Å²) in [4.78, 5) is 41.8. The van der Waals surface area contributed by atoms with Crippen molar-refractivity contribution in [2.45, 2.75) is 154 Å². The van der Waals surface area contributed by atoms with Crippen LogP contribution in [0, 0.1) is 35.5 Å². The molecule has 1 aromatic heterocycles. The fourth-order valence-electron chi connectivity index (χ4n) is 15.0. The summed E-state index contributed by atoms with van der Waals surface area (Å²) in [6.07, 6.45) is -0.0687. The van der Waals surface area contributed by atoms with Gasteiger partial charge in [0.25, 0.3) is 5.91 Å². The average molecular weight is 1230 g/mol. The number of nitrogens with one attached hydrogen (secondary N) is 3. The number of ether oxygens (including phenoxy) is 10. The number of aromatic nitrogens is 2. The third-order valence-electron chi connectivity index (χ3n) is 19.6. The van der Waals surface area contributed by atoms with E-state index >= 15 is 0 Å². The molecule has 5 fully saturated rings. The van der Waals surface area contributed by atoms with Crippen LogP contribution >= 0.6 is 11.6 Å². The normalized spacial score (nSPS) is 28.8. The van der Waals surface area contributed by atoms with Crippen molar-refractivity contribution >= 4 is 29.4 Å². The summed E-state index contributed by atoms with van der Waals surface area (Å²) in [6, 6.07) is 23.4. The zero-order valence-corrected chi connectivity index (χ0v) is 51.9. The summed E-state index contributed by atoms with van der Waals surface area (Å²) in [5, 5.41) is 38.5. The number of cyclic esters (lactones) is 1. The van der Waals surface area contributed by atoms with Gasteiger partial charge in [0.2, 0.25) is 18.4 Å². The molecule has 13 atom stereocenters. The highest BCUT2D eigenvalue weighted by atomic mass is 35.5. The number of nitrogens with zero attached hydrogens (tertiary/aromatic N) is 2. The molecule has 21 heteroatoms. The number of benzene rings is 4. The Kier molecular flexibility index (Phi) is 18.1. The number of halogens is 1. The van der Waals surface area contributed by atoms with Gasteiger partial charge in [-0.3, -0.25) is 19.1 Å². The first kappa shape index (κ1) is 61.7. The van der Waals surface area contributed by atoms with Gasteiger partial charge >= 0.3 is 5.97 Å². The average Bonchev–Trinajstić information content (AvgIpc) is 1.44. The van der Waals surface area contributed by atoms with E-state index in [-0.39, 0.29) is 61.7 Å². The maximum absolute atomic E-state index is 14.7. The number of hydrogen-bond acceptors (Lipinski definition) is 17. The third kappa shape index (κ3) is 12.2. The molecule has 12 rings (SSSR count). The lowest BCUT2D eigenvalue weighted by Crippen LogP contribution is -2.63. The topological polar surface area (TPSA) is 238 Å². The van der Waals surface area contributed by atoms with Gasteiger partial charge in [-0.1, -0.05) is 87.2 Å². The summed E-state index contributed by atoms with van der Waals surface area (Å²) >= 11 is 6.41. The van der Waals surface area contributed by atoms with E-state index in [1.165, 1.54) is 26.2 Å². The highest BCUT2D eigenvalue weighted by Gasteiger charge is 2.60. The van der Waals surface area contributed by atoms with Crippen LogP contribution in [-0.2, 0) is 46.4 Å². The summed E-state index contributed by atoms with van der Waals surface area (Å²) in [5.41, 5.74) is 7.40. The quantitative estimate of drug-likeness (QED) is 0.0304. The number of carbonyl (C=O) groups excluding carboxylic acids is 3. The molecule has 4 aliphatic heterocycles. The molecule has 2 bridgehead atoms. The molecule has 5 heterocycles. The van der Waals surface area contributed by atoms with Crippen LogP contribution < -0.4 is 39.6 Å². The van der Waals surface area contributed by atoms with Crippen LogP contribution in [0.1, 0.15) is 135 Å². The number of fused-ring (bicyclic) bond motifs is 6. The van der Waals surface area contributed by atoms with Crippen LogP contribution in [0.2, 0.25) is 5.02 Å². The van der Waals surface area contributed by atoms with Crippen molar-refractivity contribution < 1.29 is 72.0 Å². The Bertz CT molecular complexity index is 3330. The first-order valence-corrected chi connectivity index (χ1v) is 31.4. The number of amides is 2. The molecule has 3 aliphatic carbocycles. The third-order valence-corrected chi connectivity index (χ3v) is 19.8. The molecule has 2 saturated carbocycles. The van der Waals surface area contributed by atoms with E-state index in [0.29, 0.717) is 81.7 Å². The molecule has 3 unspecified atom stereocenters. The molecule has 5 N–H and O–H groups in total. The van der Waals surface area contributed by atoms with Gasteiger partial charge in [0.15, 0.2) is 41.3 Å². The van der Waals surface area contributed by atoms with Crippen molar-refractivity contribution in [1.29, 1.82) is 0 Å². The number of unbranched alkanes of at least 4 members (excludes halogenated alkanes) is 3. The van der Waals surface area contributed by atoms with Crippen LogP contribution in [0.25, 0.3) is 11.3 Å². The van der Waals surface area contributed by atoms with Crippen molar-refractivity contribution in [3.8, 4) is 40.0 Å².